The molecule has 0 heterocycles. The third kappa shape index (κ3) is 6.36. The van der Waals surface area contributed by atoms with Crippen LogP contribution >= 0.6 is 0 Å². The van der Waals surface area contributed by atoms with Crippen LogP contribution in [0.5, 0.6) is 0 Å². The number of sulfonamides is 1. The molecule has 0 fully saturated rings. The Balaban J connectivity index is 2.03. The highest BCUT2D eigenvalue weighted by atomic mass is 32.2. The molecular formula is C19H20N2O5S. The second-order valence-corrected chi connectivity index (χ2v) is 7.33. The SMILES string of the molecule is C[C@H](NS(=O)(=O)/C=C/c1ccccc1)C(=O)O[C@H](C(N)=O)c1ccccc1. The van der Waals surface area contributed by atoms with Gasteiger partial charge in [-0.2, -0.15) is 4.72 Å². The van der Waals surface area contributed by atoms with Crippen molar-refractivity contribution in [3.05, 3.63) is 77.2 Å². The largest absolute Gasteiger partial charge is 0.446 e. The van der Waals surface area contributed by atoms with Crippen molar-refractivity contribution in [2.45, 2.75) is 19.1 Å². The van der Waals surface area contributed by atoms with E-state index in [0.717, 1.165) is 5.41 Å². The minimum absolute atomic E-state index is 0.400. The van der Waals surface area contributed by atoms with Crippen LogP contribution in [0, 0.1) is 0 Å². The van der Waals surface area contributed by atoms with E-state index in [1.54, 1.807) is 54.6 Å². The van der Waals surface area contributed by atoms with Crippen LogP contribution < -0.4 is 10.5 Å². The zero-order chi connectivity index (χ0) is 19.9. The summed E-state index contributed by atoms with van der Waals surface area (Å²) in [5.41, 5.74) is 6.38. The Morgan fingerprint density at radius 2 is 1.59 bits per heavy atom. The van der Waals surface area contributed by atoms with Gasteiger partial charge in [0.1, 0.15) is 6.04 Å². The number of benzene rings is 2. The molecule has 2 aromatic rings. The van der Waals surface area contributed by atoms with Gasteiger partial charge in [-0.05, 0) is 18.6 Å². The van der Waals surface area contributed by atoms with Crippen LogP contribution in [-0.4, -0.2) is 26.3 Å². The first-order chi connectivity index (χ1) is 12.8. The van der Waals surface area contributed by atoms with Crippen molar-refractivity contribution in [1.82, 2.24) is 4.72 Å². The molecule has 8 heteroatoms. The Labute approximate surface area is 157 Å². The molecule has 0 aliphatic carbocycles. The fourth-order valence-electron chi connectivity index (χ4n) is 2.20. The van der Waals surface area contributed by atoms with Crippen LogP contribution in [-0.2, 0) is 24.3 Å². The number of carbonyl (C=O) groups is 2. The minimum Gasteiger partial charge on any atom is -0.446 e. The van der Waals surface area contributed by atoms with Gasteiger partial charge in [0.2, 0.25) is 16.1 Å². The van der Waals surface area contributed by atoms with Gasteiger partial charge < -0.3 is 10.5 Å². The van der Waals surface area contributed by atoms with Gasteiger partial charge in [-0.15, -0.1) is 0 Å². The predicted octanol–water partition coefficient (Wildman–Crippen LogP) is 1.73. The van der Waals surface area contributed by atoms with Gasteiger partial charge >= 0.3 is 5.97 Å². The first-order valence-corrected chi connectivity index (χ1v) is 9.63. The Hall–Kier alpha value is -2.97. The van der Waals surface area contributed by atoms with Crippen LogP contribution in [0.4, 0.5) is 0 Å². The molecule has 0 aromatic heterocycles. The second kappa shape index (κ2) is 9.11. The normalized spacial score (nSPS) is 13.8. The van der Waals surface area contributed by atoms with E-state index < -0.39 is 34.0 Å². The van der Waals surface area contributed by atoms with E-state index in [2.05, 4.69) is 4.72 Å². The molecule has 0 aliphatic rings. The van der Waals surface area contributed by atoms with Crippen LogP contribution in [0.2, 0.25) is 0 Å². The van der Waals surface area contributed by atoms with E-state index in [1.807, 2.05) is 6.07 Å². The Morgan fingerprint density at radius 1 is 1.04 bits per heavy atom. The van der Waals surface area contributed by atoms with Crippen molar-refractivity contribution in [3.8, 4) is 0 Å². The molecule has 2 rings (SSSR count). The van der Waals surface area contributed by atoms with E-state index in [-0.39, 0.29) is 0 Å². The van der Waals surface area contributed by atoms with Gasteiger partial charge in [-0.1, -0.05) is 60.7 Å². The molecule has 0 aliphatic heterocycles. The summed E-state index contributed by atoms with van der Waals surface area (Å²) in [6, 6.07) is 15.9. The first kappa shape index (κ1) is 20.3. The van der Waals surface area contributed by atoms with Crippen molar-refractivity contribution < 1.29 is 22.7 Å². The van der Waals surface area contributed by atoms with Crippen LogP contribution in [0.15, 0.2) is 66.1 Å². The molecule has 0 saturated heterocycles. The summed E-state index contributed by atoms with van der Waals surface area (Å²) in [4.78, 5) is 23.8. The quantitative estimate of drug-likeness (QED) is 0.668. The molecule has 2 aromatic carbocycles. The third-order valence-corrected chi connectivity index (χ3v) is 4.71. The smallest absolute Gasteiger partial charge is 0.325 e. The van der Waals surface area contributed by atoms with E-state index in [4.69, 9.17) is 10.5 Å². The van der Waals surface area contributed by atoms with Gasteiger partial charge in [0, 0.05) is 11.0 Å². The molecule has 0 radical (unpaired) electrons. The van der Waals surface area contributed by atoms with E-state index >= 15 is 0 Å². The summed E-state index contributed by atoms with van der Waals surface area (Å²) in [5, 5.41) is 0.953. The summed E-state index contributed by atoms with van der Waals surface area (Å²) in [6.45, 7) is 1.32. The Bertz CT molecular complexity index is 912. The molecule has 142 valence electrons. The number of nitrogens with one attached hydrogen (secondary N) is 1. The van der Waals surface area contributed by atoms with Gasteiger partial charge in [-0.25, -0.2) is 8.42 Å². The van der Waals surface area contributed by atoms with Crippen molar-refractivity contribution in [2.75, 3.05) is 0 Å². The number of rotatable bonds is 8. The highest BCUT2D eigenvalue weighted by molar-refractivity contribution is 7.92. The molecule has 0 saturated carbocycles. The maximum Gasteiger partial charge on any atom is 0.325 e. The standard InChI is InChI=1S/C19H20N2O5S/c1-14(21-27(24,25)13-12-15-8-4-2-5-9-15)19(23)26-17(18(20)22)16-10-6-3-7-11-16/h2-14,17,21H,1H3,(H2,20,22)/b13-12+/t14-,17-/m0/s1. The summed E-state index contributed by atoms with van der Waals surface area (Å²) in [7, 11) is -3.89. The molecular weight excluding hydrogens is 368 g/mol. The summed E-state index contributed by atoms with van der Waals surface area (Å²) >= 11 is 0. The number of ether oxygens (including phenoxy) is 1. The lowest BCUT2D eigenvalue weighted by Gasteiger charge is -2.18. The van der Waals surface area contributed by atoms with Crippen molar-refractivity contribution in [1.29, 1.82) is 0 Å². The lowest BCUT2D eigenvalue weighted by Crippen LogP contribution is -2.40. The monoisotopic (exact) mass is 388 g/mol. The number of carbonyl (C=O) groups excluding carboxylic acids is 2. The average Bonchev–Trinajstić information content (AvgIpc) is 2.65. The summed E-state index contributed by atoms with van der Waals surface area (Å²) < 4.78 is 31.5. The number of hydrogen-bond donors (Lipinski definition) is 2. The maximum atomic E-state index is 12.2. The van der Waals surface area contributed by atoms with Gasteiger partial charge in [0.25, 0.3) is 5.91 Å². The number of hydrogen-bond acceptors (Lipinski definition) is 5. The summed E-state index contributed by atoms with van der Waals surface area (Å²) in [5.74, 6) is -1.77. The number of primary amides is 1. The minimum atomic E-state index is -3.89. The molecule has 0 unspecified atom stereocenters. The summed E-state index contributed by atoms with van der Waals surface area (Å²) in [6.07, 6.45) is 0.0989. The Morgan fingerprint density at radius 3 is 2.15 bits per heavy atom. The second-order valence-electron chi connectivity index (χ2n) is 5.73. The zero-order valence-corrected chi connectivity index (χ0v) is 15.4. The first-order valence-electron chi connectivity index (χ1n) is 8.09. The van der Waals surface area contributed by atoms with E-state index in [1.165, 1.54) is 13.0 Å². The van der Waals surface area contributed by atoms with Gasteiger partial charge in [0.05, 0.1) is 0 Å². The molecule has 7 nitrogen and oxygen atoms in total. The number of amides is 1. The van der Waals surface area contributed by atoms with E-state index in [0.29, 0.717) is 11.1 Å². The highest BCUT2D eigenvalue weighted by Gasteiger charge is 2.27. The van der Waals surface area contributed by atoms with Crippen molar-refractivity contribution >= 4 is 28.0 Å². The highest BCUT2D eigenvalue weighted by Crippen LogP contribution is 2.17. The molecule has 0 bridgehead atoms. The van der Waals surface area contributed by atoms with Gasteiger partial charge in [0.15, 0.2) is 0 Å². The average molecular weight is 388 g/mol. The molecule has 1 amide bonds. The van der Waals surface area contributed by atoms with Crippen LogP contribution in [0.1, 0.15) is 24.2 Å². The fourth-order valence-corrected chi connectivity index (χ4v) is 3.21. The fraction of sp³-hybridized carbons (Fsp3) is 0.158. The van der Waals surface area contributed by atoms with E-state index in [9.17, 15) is 18.0 Å². The predicted molar refractivity (Wildman–Crippen MR) is 101 cm³/mol. The van der Waals surface area contributed by atoms with Crippen LogP contribution in [0.25, 0.3) is 6.08 Å². The van der Waals surface area contributed by atoms with Crippen LogP contribution in [0.3, 0.4) is 0 Å². The molecule has 2 atom stereocenters. The molecule has 0 spiro atoms. The zero-order valence-electron chi connectivity index (χ0n) is 14.6. The lowest BCUT2D eigenvalue weighted by atomic mass is 10.1. The topological polar surface area (TPSA) is 116 Å². The number of esters is 1. The van der Waals surface area contributed by atoms with Crippen molar-refractivity contribution in [2.24, 2.45) is 5.73 Å². The molecule has 3 N–H and O–H groups in total. The number of nitrogens with two attached hydrogens (primary N) is 1. The maximum absolute atomic E-state index is 12.2. The van der Waals surface area contributed by atoms with Crippen molar-refractivity contribution in [3.63, 3.8) is 0 Å². The Kier molecular flexibility index (Phi) is 6.86. The third-order valence-electron chi connectivity index (χ3n) is 3.53. The lowest BCUT2D eigenvalue weighted by molar-refractivity contribution is -0.156. The molecule has 27 heavy (non-hydrogen) atoms. The van der Waals surface area contributed by atoms with Gasteiger partial charge in [-0.3, -0.25) is 9.59 Å².